The third kappa shape index (κ3) is 5.55. The molecule has 1 aliphatic rings. The van der Waals surface area contributed by atoms with Crippen LogP contribution >= 0.6 is 0 Å². The molecule has 0 atom stereocenters. The number of rotatable bonds is 7. The Hall–Kier alpha value is -7.48. The van der Waals surface area contributed by atoms with E-state index in [1.165, 1.54) is 77.2 Å². The lowest BCUT2D eigenvalue weighted by atomic mass is 9.68. The second kappa shape index (κ2) is 13.9. The van der Waals surface area contributed by atoms with Crippen LogP contribution in [-0.2, 0) is 5.41 Å². The minimum atomic E-state index is -0.444. The standard InChI is InChI=1S/C57H39N/c1-4-14-40(15-5-1)42-28-31-50(32-29-42)58(51-33-30-46-37-45(26-27-47(46)38-51)44-25-24-41-16-10-11-17-43(41)36-44)52-34-35-56-54(39-52)53-22-12-13-23-55(53)57(56,48-18-6-2-7-19-48)49-20-8-3-9-21-49/h1-39H. The van der Waals surface area contributed by atoms with E-state index in [9.17, 15) is 0 Å². The highest BCUT2D eigenvalue weighted by molar-refractivity contribution is 5.95. The zero-order valence-corrected chi connectivity index (χ0v) is 32.0. The van der Waals surface area contributed by atoms with E-state index in [0.29, 0.717) is 0 Å². The molecule has 0 heterocycles. The van der Waals surface area contributed by atoms with Gasteiger partial charge >= 0.3 is 0 Å². The summed E-state index contributed by atoms with van der Waals surface area (Å²) < 4.78 is 0. The van der Waals surface area contributed by atoms with E-state index in [1.807, 2.05) is 0 Å². The Kier molecular flexibility index (Phi) is 8.12. The van der Waals surface area contributed by atoms with Crippen molar-refractivity contribution in [2.75, 3.05) is 4.90 Å². The van der Waals surface area contributed by atoms with E-state index in [0.717, 1.165) is 17.1 Å². The maximum atomic E-state index is 2.42. The van der Waals surface area contributed by atoms with Crippen molar-refractivity contribution in [1.29, 1.82) is 0 Å². The van der Waals surface area contributed by atoms with Crippen LogP contribution in [-0.4, -0.2) is 0 Å². The largest absolute Gasteiger partial charge is 0.310 e. The van der Waals surface area contributed by atoms with Crippen molar-refractivity contribution >= 4 is 38.6 Å². The van der Waals surface area contributed by atoms with Crippen molar-refractivity contribution in [2.45, 2.75) is 5.41 Å². The fraction of sp³-hybridized carbons (Fsp3) is 0.0175. The maximum absolute atomic E-state index is 2.42. The summed E-state index contributed by atoms with van der Waals surface area (Å²) in [5.74, 6) is 0. The topological polar surface area (TPSA) is 3.24 Å². The highest BCUT2D eigenvalue weighted by atomic mass is 15.1. The van der Waals surface area contributed by atoms with E-state index in [-0.39, 0.29) is 0 Å². The van der Waals surface area contributed by atoms with E-state index < -0.39 is 5.41 Å². The van der Waals surface area contributed by atoms with Gasteiger partial charge in [-0.2, -0.15) is 0 Å². The zero-order valence-electron chi connectivity index (χ0n) is 32.0. The van der Waals surface area contributed by atoms with Gasteiger partial charge in [0.15, 0.2) is 0 Å². The summed E-state index contributed by atoms with van der Waals surface area (Å²) in [4.78, 5) is 2.42. The summed E-state index contributed by atoms with van der Waals surface area (Å²) in [6.07, 6.45) is 0. The third-order valence-electron chi connectivity index (χ3n) is 12.1. The van der Waals surface area contributed by atoms with Gasteiger partial charge in [0.05, 0.1) is 5.41 Å². The molecule has 0 spiro atoms. The molecule has 1 heteroatoms. The highest BCUT2D eigenvalue weighted by Crippen LogP contribution is 2.57. The Bertz CT molecular complexity index is 3050. The van der Waals surface area contributed by atoms with E-state index in [1.54, 1.807) is 0 Å². The molecule has 0 radical (unpaired) electrons. The van der Waals surface area contributed by atoms with Gasteiger partial charge in [0, 0.05) is 17.1 Å². The van der Waals surface area contributed by atoms with E-state index >= 15 is 0 Å². The van der Waals surface area contributed by atoms with Crippen molar-refractivity contribution in [1.82, 2.24) is 0 Å². The van der Waals surface area contributed by atoms with Crippen LogP contribution in [0.5, 0.6) is 0 Å². The molecule has 0 amide bonds. The summed E-state index contributed by atoms with van der Waals surface area (Å²) in [5, 5.41) is 4.93. The molecular weight excluding hydrogens is 699 g/mol. The van der Waals surface area contributed by atoms with Crippen LogP contribution in [0, 0.1) is 0 Å². The fourth-order valence-corrected chi connectivity index (χ4v) is 9.38. The first-order valence-electron chi connectivity index (χ1n) is 20.1. The predicted molar refractivity (Wildman–Crippen MR) is 244 cm³/mol. The molecule has 0 aliphatic heterocycles. The lowest BCUT2D eigenvalue weighted by Gasteiger charge is -2.34. The van der Waals surface area contributed by atoms with Crippen LogP contribution in [0.1, 0.15) is 22.3 Å². The van der Waals surface area contributed by atoms with Crippen molar-refractivity contribution in [3.05, 3.63) is 259 Å². The van der Waals surface area contributed by atoms with Gasteiger partial charge in [-0.1, -0.05) is 188 Å². The van der Waals surface area contributed by atoms with Gasteiger partial charge in [-0.15, -0.1) is 0 Å². The molecule has 0 bridgehead atoms. The Labute approximate surface area is 339 Å². The first-order chi connectivity index (χ1) is 28.7. The lowest BCUT2D eigenvalue weighted by Crippen LogP contribution is -2.28. The molecular formula is C57H39N. The Morgan fingerprint density at radius 2 is 0.707 bits per heavy atom. The van der Waals surface area contributed by atoms with Crippen LogP contribution < -0.4 is 4.90 Å². The highest BCUT2D eigenvalue weighted by Gasteiger charge is 2.46. The predicted octanol–water partition coefficient (Wildman–Crippen LogP) is 15.2. The van der Waals surface area contributed by atoms with Crippen LogP contribution in [0.3, 0.4) is 0 Å². The molecule has 0 saturated carbocycles. The molecule has 58 heavy (non-hydrogen) atoms. The maximum Gasteiger partial charge on any atom is 0.0713 e. The van der Waals surface area contributed by atoms with Crippen molar-refractivity contribution in [2.24, 2.45) is 0 Å². The van der Waals surface area contributed by atoms with Gasteiger partial charge in [-0.05, 0) is 126 Å². The first-order valence-corrected chi connectivity index (χ1v) is 20.1. The van der Waals surface area contributed by atoms with Crippen LogP contribution in [0.25, 0.3) is 54.9 Å². The van der Waals surface area contributed by atoms with Gasteiger partial charge in [-0.3, -0.25) is 0 Å². The van der Waals surface area contributed by atoms with Crippen molar-refractivity contribution in [3.63, 3.8) is 0 Å². The van der Waals surface area contributed by atoms with Crippen molar-refractivity contribution < 1.29 is 0 Å². The minimum absolute atomic E-state index is 0.444. The van der Waals surface area contributed by atoms with Gasteiger partial charge in [0.25, 0.3) is 0 Å². The quantitative estimate of drug-likeness (QED) is 0.157. The zero-order chi connectivity index (χ0) is 38.5. The number of hydrogen-bond acceptors (Lipinski definition) is 1. The summed E-state index contributed by atoms with van der Waals surface area (Å²) >= 11 is 0. The molecule has 10 aromatic rings. The molecule has 0 N–H and O–H groups in total. The van der Waals surface area contributed by atoms with Gasteiger partial charge < -0.3 is 4.90 Å². The number of hydrogen-bond donors (Lipinski definition) is 0. The average Bonchev–Trinajstić information content (AvgIpc) is 3.60. The molecule has 1 nitrogen and oxygen atoms in total. The Morgan fingerprint density at radius 3 is 1.41 bits per heavy atom. The molecule has 0 aromatic heterocycles. The van der Waals surface area contributed by atoms with Crippen LogP contribution in [0.4, 0.5) is 17.1 Å². The average molecular weight is 738 g/mol. The molecule has 272 valence electrons. The van der Waals surface area contributed by atoms with E-state index in [2.05, 4.69) is 241 Å². The monoisotopic (exact) mass is 737 g/mol. The second-order valence-electron chi connectivity index (χ2n) is 15.3. The molecule has 0 unspecified atom stereocenters. The molecule has 10 aromatic carbocycles. The summed E-state index contributed by atoms with van der Waals surface area (Å²) in [5.41, 5.74) is 15.4. The van der Waals surface area contributed by atoms with Crippen LogP contribution in [0.2, 0.25) is 0 Å². The summed E-state index contributed by atoms with van der Waals surface area (Å²) in [6.45, 7) is 0. The summed E-state index contributed by atoms with van der Waals surface area (Å²) in [6, 6.07) is 86.8. The number of fused-ring (bicyclic) bond motifs is 5. The molecule has 1 aliphatic carbocycles. The molecule has 0 fully saturated rings. The van der Waals surface area contributed by atoms with Gasteiger partial charge in [0.1, 0.15) is 0 Å². The number of nitrogens with zero attached hydrogens (tertiary/aromatic N) is 1. The number of anilines is 3. The fourth-order valence-electron chi connectivity index (χ4n) is 9.38. The number of benzene rings is 10. The second-order valence-corrected chi connectivity index (χ2v) is 15.3. The van der Waals surface area contributed by atoms with Crippen molar-refractivity contribution in [3.8, 4) is 33.4 Å². The minimum Gasteiger partial charge on any atom is -0.310 e. The summed E-state index contributed by atoms with van der Waals surface area (Å²) in [7, 11) is 0. The van der Waals surface area contributed by atoms with E-state index in [4.69, 9.17) is 0 Å². The SMILES string of the molecule is c1ccc(-c2ccc(N(c3ccc4c(c3)-c3ccccc3C4(c3ccccc3)c3ccccc3)c3ccc4cc(-c5ccc6ccccc6c5)ccc4c3)cc2)cc1. The van der Waals surface area contributed by atoms with Crippen LogP contribution in [0.15, 0.2) is 237 Å². The Morgan fingerprint density at radius 1 is 0.259 bits per heavy atom. The lowest BCUT2D eigenvalue weighted by molar-refractivity contribution is 0.768. The van der Waals surface area contributed by atoms with Gasteiger partial charge in [0.2, 0.25) is 0 Å². The van der Waals surface area contributed by atoms with Gasteiger partial charge in [-0.25, -0.2) is 0 Å². The molecule has 0 saturated heterocycles. The first kappa shape index (κ1) is 33.8. The normalized spacial score (nSPS) is 12.6. The smallest absolute Gasteiger partial charge is 0.0713 e. The Balaban J connectivity index is 1.07. The third-order valence-corrected chi connectivity index (χ3v) is 12.1. The molecule has 11 rings (SSSR count).